The topological polar surface area (TPSA) is 57.4 Å². The van der Waals surface area contributed by atoms with Crippen LogP contribution in [0.3, 0.4) is 0 Å². The number of ether oxygens (including phenoxy) is 2. The number of methoxy groups -OCH3 is 1. The summed E-state index contributed by atoms with van der Waals surface area (Å²) in [4.78, 5) is 4.25. The van der Waals surface area contributed by atoms with Gasteiger partial charge in [0.15, 0.2) is 0 Å². The lowest BCUT2D eigenvalue weighted by atomic mass is 10.2. The summed E-state index contributed by atoms with van der Waals surface area (Å²) in [6, 6.07) is 13.2. The summed E-state index contributed by atoms with van der Waals surface area (Å²) < 4.78 is 38.9. The van der Waals surface area contributed by atoms with E-state index in [-0.39, 0.29) is 16.7 Å². The third-order valence-corrected chi connectivity index (χ3v) is 3.63. The highest BCUT2D eigenvalue weighted by Gasteiger charge is 2.12. The minimum absolute atomic E-state index is 0.0615. The highest BCUT2D eigenvalue weighted by Crippen LogP contribution is 2.26. The van der Waals surface area contributed by atoms with Gasteiger partial charge in [-0.2, -0.15) is 13.8 Å². The van der Waals surface area contributed by atoms with E-state index in [9.17, 15) is 8.78 Å². The third kappa shape index (κ3) is 4.37. The van der Waals surface area contributed by atoms with Crippen LogP contribution in [0.1, 0.15) is 11.5 Å². The van der Waals surface area contributed by atoms with Crippen molar-refractivity contribution in [1.82, 2.24) is 10.1 Å². The number of hydrogen-bond donors (Lipinski definition) is 0. The molecule has 0 aliphatic carbocycles. The number of nitrogens with zero attached hydrogens (tertiary/aromatic N) is 2. The molecule has 0 radical (unpaired) electrons. The summed E-state index contributed by atoms with van der Waals surface area (Å²) in [6.07, 6.45) is 1.58. The fourth-order valence-corrected chi connectivity index (χ4v) is 2.36. The van der Waals surface area contributed by atoms with Gasteiger partial charge in [0, 0.05) is 5.56 Å². The molecule has 0 aliphatic rings. The van der Waals surface area contributed by atoms with Crippen molar-refractivity contribution in [3.05, 3.63) is 60.0 Å². The van der Waals surface area contributed by atoms with E-state index in [1.807, 2.05) is 12.1 Å². The quantitative estimate of drug-likeness (QED) is 0.598. The van der Waals surface area contributed by atoms with Crippen LogP contribution in [0.2, 0.25) is 0 Å². The summed E-state index contributed by atoms with van der Waals surface area (Å²) >= 11 is 6.21. The normalized spacial score (nSPS) is 11.7. The molecular formula is C18H13ClF2N2O3. The average Bonchev–Trinajstić information content (AvgIpc) is 3.13. The number of hydrogen-bond acceptors (Lipinski definition) is 5. The van der Waals surface area contributed by atoms with E-state index in [1.54, 1.807) is 37.5 Å². The zero-order valence-corrected chi connectivity index (χ0v) is 14.3. The van der Waals surface area contributed by atoms with Crippen LogP contribution in [0.4, 0.5) is 8.78 Å². The molecule has 0 saturated carbocycles. The summed E-state index contributed by atoms with van der Waals surface area (Å²) in [5, 5.41) is 4.12. The molecule has 0 atom stereocenters. The van der Waals surface area contributed by atoms with Gasteiger partial charge in [-0.05, 0) is 35.9 Å². The second-order valence-corrected chi connectivity index (χ2v) is 5.50. The average molecular weight is 379 g/mol. The Morgan fingerprint density at radius 3 is 2.62 bits per heavy atom. The van der Waals surface area contributed by atoms with Crippen molar-refractivity contribution in [1.29, 1.82) is 0 Å². The first kappa shape index (κ1) is 17.9. The van der Waals surface area contributed by atoms with Crippen molar-refractivity contribution >= 4 is 22.7 Å². The van der Waals surface area contributed by atoms with E-state index in [1.165, 1.54) is 12.1 Å². The Morgan fingerprint density at radius 1 is 1.15 bits per heavy atom. The maximum atomic E-state index is 12.2. The lowest BCUT2D eigenvalue weighted by molar-refractivity contribution is -0.0498. The molecule has 0 saturated heterocycles. The molecule has 134 valence electrons. The molecule has 0 spiro atoms. The van der Waals surface area contributed by atoms with Gasteiger partial charge in [-0.15, -0.1) is 0 Å². The van der Waals surface area contributed by atoms with Crippen LogP contribution in [0, 0.1) is 0 Å². The maximum Gasteiger partial charge on any atom is 0.387 e. The van der Waals surface area contributed by atoms with E-state index < -0.39 is 6.61 Å². The van der Waals surface area contributed by atoms with Crippen LogP contribution in [0.25, 0.3) is 22.5 Å². The van der Waals surface area contributed by atoms with Gasteiger partial charge in [0.05, 0.1) is 7.11 Å². The molecular weight excluding hydrogens is 366 g/mol. The van der Waals surface area contributed by atoms with Crippen molar-refractivity contribution < 1.29 is 22.8 Å². The van der Waals surface area contributed by atoms with Crippen LogP contribution >= 0.6 is 11.6 Å². The molecule has 3 aromatic rings. The first-order valence-corrected chi connectivity index (χ1v) is 7.83. The standard InChI is InChI=1S/C18H13ClF2N2O3/c1-24-14-4-2-3-12(10-14)16-22-17(26-23-16)15(19)9-11-5-7-13(8-6-11)25-18(20)21/h2-10,18H,1H3/b15-9-. The third-order valence-electron chi connectivity index (χ3n) is 3.36. The first-order chi connectivity index (χ1) is 12.5. The van der Waals surface area contributed by atoms with Gasteiger partial charge in [-0.3, -0.25) is 0 Å². The summed E-state index contributed by atoms with van der Waals surface area (Å²) in [6.45, 7) is -2.87. The van der Waals surface area contributed by atoms with Gasteiger partial charge in [-0.1, -0.05) is 41.0 Å². The molecule has 0 aliphatic heterocycles. The molecule has 1 aromatic heterocycles. The number of benzene rings is 2. The molecule has 3 rings (SSSR count). The molecule has 0 amide bonds. The van der Waals surface area contributed by atoms with Crippen molar-refractivity contribution in [2.24, 2.45) is 0 Å². The monoisotopic (exact) mass is 378 g/mol. The van der Waals surface area contributed by atoms with Gasteiger partial charge in [0.2, 0.25) is 5.82 Å². The predicted molar refractivity (Wildman–Crippen MR) is 93.1 cm³/mol. The Balaban J connectivity index is 1.78. The Hall–Kier alpha value is -2.93. The number of aromatic nitrogens is 2. The smallest absolute Gasteiger partial charge is 0.387 e. The van der Waals surface area contributed by atoms with Crippen LogP contribution < -0.4 is 9.47 Å². The van der Waals surface area contributed by atoms with Gasteiger partial charge in [0.1, 0.15) is 16.5 Å². The van der Waals surface area contributed by atoms with Crippen molar-refractivity contribution in [3.8, 4) is 22.9 Å². The Morgan fingerprint density at radius 2 is 1.92 bits per heavy atom. The minimum atomic E-state index is -2.87. The molecule has 26 heavy (non-hydrogen) atoms. The molecule has 1 heterocycles. The lowest BCUT2D eigenvalue weighted by Gasteiger charge is -2.03. The van der Waals surface area contributed by atoms with Crippen LogP contribution in [-0.2, 0) is 0 Å². The molecule has 2 aromatic carbocycles. The molecule has 0 N–H and O–H groups in total. The maximum absolute atomic E-state index is 12.2. The fourth-order valence-electron chi connectivity index (χ4n) is 2.15. The summed E-state index contributed by atoms with van der Waals surface area (Å²) in [7, 11) is 1.57. The zero-order chi connectivity index (χ0) is 18.5. The Kier molecular flexibility index (Phi) is 5.48. The molecule has 0 fully saturated rings. The van der Waals surface area contributed by atoms with E-state index in [4.69, 9.17) is 20.9 Å². The number of alkyl halides is 2. The van der Waals surface area contributed by atoms with Crippen molar-refractivity contribution in [2.75, 3.05) is 7.11 Å². The molecule has 0 unspecified atom stereocenters. The SMILES string of the molecule is COc1cccc(-c2noc(/C(Cl)=C/c3ccc(OC(F)F)cc3)n2)c1. The molecule has 5 nitrogen and oxygen atoms in total. The van der Waals surface area contributed by atoms with Gasteiger partial charge < -0.3 is 14.0 Å². The van der Waals surface area contributed by atoms with Crippen LogP contribution in [-0.4, -0.2) is 23.9 Å². The van der Waals surface area contributed by atoms with E-state index in [0.29, 0.717) is 17.1 Å². The van der Waals surface area contributed by atoms with Crippen molar-refractivity contribution in [2.45, 2.75) is 6.61 Å². The first-order valence-electron chi connectivity index (χ1n) is 7.46. The highest BCUT2D eigenvalue weighted by atomic mass is 35.5. The van der Waals surface area contributed by atoms with Gasteiger partial charge in [0.25, 0.3) is 5.89 Å². The number of halogens is 3. The predicted octanol–water partition coefficient (Wildman–Crippen LogP) is 5.08. The van der Waals surface area contributed by atoms with E-state index >= 15 is 0 Å². The summed E-state index contributed by atoms with van der Waals surface area (Å²) in [5.74, 6) is 1.23. The van der Waals surface area contributed by atoms with Crippen molar-refractivity contribution in [3.63, 3.8) is 0 Å². The number of rotatable bonds is 6. The molecule has 8 heteroatoms. The van der Waals surface area contributed by atoms with E-state index in [2.05, 4.69) is 14.9 Å². The summed E-state index contributed by atoms with van der Waals surface area (Å²) in [5.41, 5.74) is 1.38. The fraction of sp³-hybridized carbons (Fsp3) is 0.111. The minimum Gasteiger partial charge on any atom is -0.497 e. The zero-order valence-electron chi connectivity index (χ0n) is 13.5. The Bertz CT molecular complexity index is 911. The molecule has 0 bridgehead atoms. The van der Waals surface area contributed by atoms with E-state index in [0.717, 1.165) is 5.56 Å². The highest BCUT2D eigenvalue weighted by molar-refractivity contribution is 6.50. The van der Waals surface area contributed by atoms with Crippen LogP contribution in [0.15, 0.2) is 53.1 Å². The van der Waals surface area contributed by atoms with Gasteiger partial charge >= 0.3 is 6.61 Å². The largest absolute Gasteiger partial charge is 0.497 e. The second-order valence-electron chi connectivity index (χ2n) is 5.09. The van der Waals surface area contributed by atoms with Crippen LogP contribution in [0.5, 0.6) is 11.5 Å². The lowest BCUT2D eigenvalue weighted by Crippen LogP contribution is -2.01. The second kappa shape index (κ2) is 7.97. The Labute approximate surface area is 152 Å². The van der Waals surface area contributed by atoms with Gasteiger partial charge in [-0.25, -0.2) is 0 Å².